The fourth-order valence-corrected chi connectivity index (χ4v) is 2.13. The summed E-state index contributed by atoms with van der Waals surface area (Å²) < 4.78 is 5.68. The van der Waals surface area contributed by atoms with Gasteiger partial charge in [0.25, 0.3) is 5.91 Å². The van der Waals surface area contributed by atoms with Gasteiger partial charge < -0.3 is 15.6 Å². The number of aliphatic hydroxyl groups excluding tert-OH is 1. The molecule has 0 aliphatic heterocycles. The number of amides is 1. The molecule has 22 heavy (non-hydrogen) atoms. The highest BCUT2D eigenvalue weighted by molar-refractivity contribution is 5.98. The van der Waals surface area contributed by atoms with Gasteiger partial charge in [-0.05, 0) is 29.8 Å². The van der Waals surface area contributed by atoms with Crippen molar-refractivity contribution >= 4 is 16.8 Å². The van der Waals surface area contributed by atoms with E-state index in [4.69, 9.17) is 15.6 Å². The van der Waals surface area contributed by atoms with Crippen molar-refractivity contribution in [3.05, 3.63) is 65.7 Å². The van der Waals surface area contributed by atoms with Gasteiger partial charge in [-0.2, -0.15) is 0 Å². The lowest BCUT2D eigenvalue weighted by Gasteiger charge is -2.10. The van der Waals surface area contributed by atoms with Crippen LogP contribution >= 0.6 is 0 Å². The van der Waals surface area contributed by atoms with Gasteiger partial charge in [0.2, 0.25) is 5.88 Å². The van der Waals surface area contributed by atoms with Crippen LogP contribution < -0.4 is 10.5 Å². The third-order valence-electron chi connectivity index (χ3n) is 3.27. The highest BCUT2D eigenvalue weighted by atomic mass is 16.5. The Morgan fingerprint density at radius 1 is 1.14 bits per heavy atom. The summed E-state index contributed by atoms with van der Waals surface area (Å²) in [4.78, 5) is 16.0. The molecule has 3 aromatic rings. The molecular formula is C17H14N2O3. The molecule has 1 aromatic heterocycles. The molecule has 0 saturated heterocycles. The first-order valence-corrected chi connectivity index (χ1v) is 6.74. The number of fused-ring (bicyclic) bond motifs is 1. The van der Waals surface area contributed by atoms with Gasteiger partial charge in [0.15, 0.2) is 0 Å². The molecule has 5 heteroatoms. The highest BCUT2D eigenvalue weighted by Gasteiger charge is 2.14. The molecule has 1 amide bonds. The van der Waals surface area contributed by atoms with E-state index >= 15 is 0 Å². The van der Waals surface area contributed by atoms with Gasteiger partial charge in [0, 0.05) is 5.39 Å². The number of carbonyl (C=O) groups is 1. The molecular weight excluding hydrogens is 280 g/mol. The van der Waals surface area contributed by atoms with Crippen molar-refractivity contribution in [1.82, 2.24) is 4.98 Å². The summed E-state index contributed by atoms with van der Waals surface area (Å²) in [6, 6.07) is 16.0. The lowest BCUT2D eigenvalue weighted by molar-refractivity contribution is 0.0997. The Labute approximate surface area is 127 Å². The molecule has 0 unspecified atom stereocenters. The van der Waals surface area contributed by atoms with Gasteiger partial charge in [-0.3, -0.25) is 4.79 Å². The second-order valence-electron chi connectivity index (χ2n) is 4.80. The van der Waals surface area contributed by atoms with Gasteiger partial charge in [-0.1, -0.05) is 30.3 Å². The Kier molecular flexibility index (Phi) is 3.72. The van der Waals surface area contributed by atoms with E-state index in [1.807, 2.05) is 24.3 Å². The fraction of sp³-hybridized carbons (Fsp3) is 0.0588. The Morgan fingerprint density at radius 2 is 1.86 bits per heavy atom. The summed E-state index contributed by atoms with van der Waals surface area (Å²) in [5.74, 6) is 0.0886. The minimum Gasteiger partial charge on any atom is -0.438 e. The van der Waals surface area contributed by atoms with Gasteiger partial charge in [0.1, 0.15) is 11.3 Å². The number of rotatable bonds is 4. The lowest BCUT2D eigenvalue weighted by Crippen LogP contribution is -2.13. The highest BCUT2D eigenvalue weighted by Crippen LogP contribution is 2.27. The molecule has 0 atom stereocenters. The Bertz CT molecular complexity index is 829. The Balaban J connectivity index is 2.03. The number of hydrogen-bond acceptors (Lipinski definition) is 4. The van der Waals surface area contributed by atoms with Crippen molar-refractivity contribution in [2.45, 2.75) is 6.61 Å². The van der Waals surface area contributed by atoms with Crippen LogP contribution in [0.2, 0.25) is 0 Å². The summed E-state index contributed by atoms with van der Waals surface area (Å²) in [5, 5.41) is 9.86. The smallest absolute Gasteiger partial charge is 0.254 e. The molecule has 5 nitrogen and oxygen atoms in total. The van der Waals surface area contributed by atoms with Crippen LogP contribution in [-0.2, 0) is 6.61 Å². The van der Waals surface area contributed by atoms with Crippen LogP contribution in [0.15, 0.2) is 54.6 Å². The average Bonchev–Trinajstić information content (AvgIpc) is 2.54. The maximum Gasteiger partial charge on any atom is 0.254 e. The zero-order valence-electron chi connectivity index (χ0n) is 11.7. The van der Waals surface area contributed by atoms with Crippen LogP contribution in [-0.4, -0.2) is 16.0 Å². The largest absolute Gasteiger partial charge is 0.438 e. The van der Waals surface area contributed by atoms with Crippen molar-refractivity contribution in [2.75, 3.05) is 0 Å². The van der Waals surface area contributed by atoms with Crippen LogP contribution in [0.3, 0.4) is 0 Å². The quantitative estimate of drug-likeness (QED) is 0.774. The molecule has 0 bridgehead atoms. The molecule has 0 spiro atoms. The van der Waals surface area contributed by atoms with Crippen LogP contribution in [0.4, 0.5) is 0 Å². The number of carbonyl (C=O) groups excluding carboxylic acids is 1. The molecule has 1 heterocycles. The van der Waals surface area contributed by atoms with E-state index in [-0.39, 0.29) is 18.1 Å². The molecule has 0 aliphatic carbocycles. The first-order chi connectivity index (χ1) is 10.7. The van der Waals surface area contributed by atoms with Crippen LogP contribution in [0.5, 0.6) is 11.6 Å². The molecule has 2 aromatic carbocycles. The molecule has 0 aliphatic rings. The predicted octanol–water partition coefficient (Wildman–Crippen LogP) is 2.62. The van der Waals surface area contributed by atoms with E-state index in [9.17, 15) is 4.79 Å². The number of aromatic nitrogens is 1. The molecule has 0 saturated carbocycles. The first kappa shape index (κ1) is 14.0. The van der Waals surface area contributed by atoms with E-state index in [1.165, 1.54) is 0 Å². The number of benzene rings is 2. The third kappa shape index (κ3) is 2.75. The molecule has 0 fully saturated rings. The normalized spacial score (nSPS) is 10.6. The summed E-state index contributed by atoms with van der Waals surface area (Å²) in [6.07, 6.45) is 0. The third-order valence-corrected chi connectivity index (χ3v) is 3.27. The van der Waals surface area contributed by atoms with Crippen LogP contribution in [0.1, 0.15) is 15.9 Å². The minimum atomic E-state index is -0.597. The van der Waals surface area contributed by atoms with Gasteiger partial charge in [-0.25, -0.2) is 4.98 Å². The SMILES string of the molecule is NC(=O)c1cc2ccccc2nc1Oc1ccc(CO)cc1. The van der Waals surface area contributed by atoms with Gasteiger partial charge in [-0.15, -0.1) is 0 Å². The maximum atomic E-state index is 11.6. The molecule has 110 valence electrons. The fourth-order valence-electron chi connectivity index (χ4n) is 2.13. The summed E-state index contributed by atoms with van der Waals surface area (Å²) in [7, 11) is 0. The lowest BCUT2D eigenvalue weighted by atomic mass is 10.1. The van der Waals surface area contributed by atoms with Gasteiger partial charge in [0.05, 0.1) is 12.1 Å². The summed E-state index contributed by atoms with van der Waals surface area (Å²) in [5.41, 5.74) is 7.13. The molecule has 3 rings (SSSR count). The maximum absolute atomic E-state index is 11.6. The number of hydrogen-bond donors (Lipinski definition) is 2. The predicted molar refractivity (Wildman–Crippen MR) is 82.7 cm³/mol. The number of nitrogens with two attached hydrogens (primary N) is 1. The number of aliphatic hydroxyl groups is 1. The standard InChI is InChI=1S/C17H14N2O3/c18-16(21)14-9-12-3-1-2-4-15(12)19-17(14)22-13-7-5-11(10-20)6-8-13/h1-9,20H,10H2,(H2,18,21). The van der Waals surface area contributed by atoms with Crippen LogP contribution in [0.25, 0.3) is 10.9 Å². The van der Waals surface area contributed by atoms with E-state index in [0.717, 1.165) is 16.5 Å². The minimum absolute atomic E-state index is 0.0406. The second-order valence-corrected chi connectivity index (χ2v) is 4.80. The van der Waals surface area contributed by atoms with Crippen molar-refractivity contribution in [2.24, 2.45) is 5.73 Å². The van der Waals surface area contributed by atoms with E-state index in [2.05, 4.69) is 4.98 Å². The zero-order valence-corrected chi connectivity index (χ0v) is 11.7. The van der Waals surface area contributed by atoms with Crippen molar-refractivity contribution < 1.29 is 14.6 Å². The van der Waals surface area contributed by atoms with E-state index in [0.29, 0.717) is 5.75 Å². The Hall–Kier alpha value is -2.92. The first-order valence-electron chi connectivity index (χ1n) is 6.74. The van der Waals surface area contributed by atoms with Gasteiger partial charge >= 0.3 is 0 Å². The number of primary amides is 1. The summed E-state index contributed by atoms with van der Waals surface area (Å²) in [6.45, 7) is -0.0406. The van der Waals surface area contributed by atoms with E-state index < -0.39 is 5.91 Å². The van der Waals surface area contributed by atoms with Crippen molar-refractivity contribution in [3.63, 3.8) is 0 Å². The monoisotopic (exact) mass is 294 g/mol. The number of para-hydroxylation sites is 1. The number of ether oxygens (including phenoxy) is 1. The van der Waals surface area contributed by atoms with Crippen LogP contribution in [0, 0.1) is 0 Å². The Morgan fingerprint density at radius 3 is 2.55 bits per heavy atom. The number of nitrogens with zero attached hydrogens (tertiary/aromatic N) is 1. The van der Waals surface area contributed by atoms with Crippen molar-refractivity contribution in [1.29, 1.82) is 0 Å². The van der Waals surface area contributed by atoms with E-state index in [1.54, 1.807) is 30.3 Å². The molecule has 0 radical (unpaired) electrons. The summed E-state index contributed by atoms with van der Waals surface area (Å²) >= 11 is 0. The zero-order chi connectivity index (χ0) is 15.5. The van der Waals surface area contributed by atoms with Crippen molar-refractivity contribution in [3.8, 4) is 11.6 Å². The second kappa shape index (κ2) is 5.83. The molecule has 3 N–H and O–H groups in total. The topological polar surface area (TPSA) is 85.4 Å². The number of pyridine rings is 1. The average molecular weight is 294 g/mol.